The Kier molecular flexibility index (Phi) is 5.10. The first-order chi connectivity index (χ1) is 15.2. The van der Waals surface area contributed by atoms with Gasteiger partial charge in [-0.1, -0.05) is 0 Å². The number of aryl methyl sites for hydroxylation is 1. The van der Waals surface area contributed by atoms with Crippen LogP contribution >= 0.6 is 0 Å². The number of nitrogens with one attached hydrogen (secondary N) is 1. The van der Waals surface area contributed by atoms with Crippen LogP contribution in [0.5, 0.6) is 0 Å². The molecule has 0 unspecified atom stereocenters. The lowest BCUT2D eigenvalue weighted by Crippen LogP contribution is -2.34. The molecule has 5 heterocycles. The maximum absolute atomic E-state index is 9.61. The summed E-state index contributed by atoms with van der Waals surface area (Å²) in [5.41, 5.74) is 5.23. The van der Waals surface area contributed by atoms with E-state index in [4.69, 9.17) is 4.98 Å². The van der Waals surface area contributed by atoms with Gasteiger partial charge in [0.2, 0.25) is 0 Å². The molecule has 0 bridgehead atoms. The Hall–Kier alpha value is -3.70. The summed E-state index contributed by atoms with van der Waals surface area (Å²) in [4.78, 5) is 7.13. The van der Waals surface area contributed by atoms with Gasteiger partial charge >= 0.3 is 0 Å². The Morgan fingerprint density at radius 3 is 2.48 bits per heavy atom. The molecule has 8 nitrogen and oxygen atoms in total. The first kappa shape index (κ1) is 19.3. The predicted octanol–water partition coefficient (Wildman–Crippen LogP) is 2.86. The van der Waals surface area contributed by atoms with Crippen molar-refractivity contribution < 1.29 is 0 Å². The van der Waals surface area contributed by atoms with E-state index in [2.05, 4.69) is 44.7 Å². The summed E-state index contributed by atoms with van der Waals surface area (Å²) in [7, 11) is 1.90. The zero-order valence-corrected chi connectivity index (χ0v) is 17.5. The standard InChI is InChI=1S/C23H24N8/c1-29-15-20(14-27-29)18-10-21(23-19(11-24)13-28-31(23)16-18)17-4-5-22(26-12-17)30-8-2-6-25-7-3-9-30/h4-5,10,12-16,25H,2-3,6-9H2,1H3. The highest BCUT2D eigenvalue weighted by Crippen LogP contribution is 2.32. The molecule has 0 amide bonds. The SMILES string of the molecule is Cn1cc(-c2cc(-c3ccc(N4CCCNCCC4)nc3)c3c(C#N)cnn3c2)cn1. The highest BCUT2D eigenvalue weighted by molar-refractivity contribution is 5.87. The van der Waals surface area contributed by atoms with E-state index in [1.165, 1.54) is 0 Å². The van der Waals surface area contributed by atoms with Crippen LogP contribution in [0.1, 0.15) is 18.4 Å². The zero-order chi connectivity index (χ0) is 21.2. The molecule has 8 heteroatoms. The Morgan fingerprint density at radius 2 is 1.81 bits per heavy atom. The molecule has 0 aliphatic carbocycles. The minimum absolute atomic E-state index is 0.549. The predicted molar refractivity (Wildman–Crippen MR) is 120 cm³/mol. The van der Waals surface area contributed by atoms with Gasteiger partial charge in [0.15, 0.2) is 0 Å². The second-order valence-corrected chi connectivity index (χ2v) is 7.86. The monoisotopic (exact) mass is 412 g/mol. The highest BCUT2D eigenvalue weighted by Gasteiger charge is 2.16. The van der Waals surface area contributed by atoms with Crippen LogP contribution in [-0.4, -0.2) is 50.6 Å². The fourth-order valence-electron chi connectivity index (χ4n) is 4.14. The average Bonchev–Trinajstić information content (AvgIpc) is 3.39. The molecule has 1 aliphatic rings. The van der Waals surface area contributed by atoms with E-state index in [9.17, 15) is 5.26 Å². The third-order valence-corrected chi connectivity index (χ3v) is 5.72. The van der Waals surface area contributed by atoms with Crippen molar-refractivity contribution in [1.29, 1.82) is 5.26 Å². The van der Waals surface area contributed by atoms with E-state index in [0.717, 1.165) is 72.6 Å². The van der Waals surface area contributed by atoms with Gasteiger partial charge < -0.3 is 10.2 Å². The van der Waals surface area contributed by atoms with Crippen molar-refractivity contribution in [3.05, 3.63) is 54.7 Å². The quantitative estimate of drug-likeness (QED) is 0.557. The summed E-state index contributed by atoms with van der Waals surface area (Å²) in [6, 6.07) is 8.53. The summed E-state index contributed by atoms with van der Waals surface area (Å²) < 4.78 is 3.55. The molecular formula is C23H24N8. The van der Waals surface area contributed by atoms with Gasteiger partial charge in [-0.05, 0) is 44.1 Å². The van der Waals surface area contributed by atoms with E-state index in [1.54, 1.807) is 15.4 Å². The summed E-state index contributed by atoms with van der Waals surface area (Å²) >= 11 is 0. The fourth-order valence-corrected chi connectivity index (χ4v) is 4.14. The molecular weight excluding hydrogens is 388 g/mol. The molecule has 0 radical (unpaired) electrons. The lowest BCUT2D eigenvalue weighted by Gasteiger charge is -2.26. The van der Waals surface area contributed by atoms with Gasteiger partial charge in [0.05, 0.1) is 23.5 Å². The Bertz CT molecular complexity index is 1240. The van der Waals surface area contributed by atoms with Gasteiger partial charge in [0, 0.05) is 61.0 Å². The minimum atomic E-state index is 0.549. The van der Waals surface area contributed by atoms with Crippen LogP contribution in [0.4, 0.5) is 5.82 Å². The van der Waals surface area contributed by atoms with Crippen molar-refractivity contribution in [2.45, 2.75) is 12.8 Å². The third kappa shape index (κ3) is 3.76. The molecule has 1 fully saturated rings. The smallest absolute Gasteiger partial charge is 0.128 e. The first-order valence-electron chi connectivity index (χ1n) is 10.6. The molecule has 1 aliphatic heterocycles. The maximum Gasteiger partial charge on any atom is 0.128 e. The second-order valence-electron chi connectivity index (χ2n) is 7.86. The third-order valence-electron chi connectivity index (χ3n) is 5.72. The number of nitrogens with zero attached hydrogens (tertiary/aromatic N) is 7. The van der Waals surface area contributed by atoms with Crippen molar-refractivity contribution in [3.63, 3.8) is 0 Å². The summed E-state index contributed by atoms with van der Waals surface area (Å²) in [5.74, 6) is 0.999. The molecule has 156 valence electrons. The van der Waals surface area contributed by atoms with Gasteiger partial charge in [0.1, 0.15) is 11.9 Å². The normalized spacial score (nSPS) is 14.9. The minimum Gasteiger partial charge on any atom is -0.357 e. The summed E-state index contributed by atoms with van der Waals surface area (Å²) in [6.07, 6.45) is 11.5. The van der Waals surface area contributed by atoms with Crippen molar-refractivity contribution in [1.82, 2.24) is 29.7 Å². The number of rotatable bonds is 3. The van der Waals surface area contributed by atoms with E-state index in [1.807, 2.05) is 31.8 Å². The molecule has 5 rings (SSSR count). The van der Waals surface area contributed by atoms with Crippen molar-refractivity contribution in [2.24, 2.45) is 7.05 Å². The number of fused-ring (bicyclic) bond motifs is 1. The fraction of sp³-hybridized carbons (Fsp3) is 0.304. The topological polar surface area (TPSA) is 87.1 Å². The average molecular weight is 413 g/mol. The number of hydrogen-bond acceptors (Lipinski definition) is 6. The molecule has 1 saturated heterocycles. The number of pyridine rings is 2. The largest absolute Gasteiger partial charge is 0.357 e. The van der Waals surface area contributed by atoms with Gasteiger partial charge in [-0.2, -0.15) is 15.5 Å². The lowest BCUT2D eigenvalue weighted by molar-refractivity contribution is 0.565. The number of aromatic nitrogens is 5. The van der Waals surface area contributed by atoms with Crippen molar-refractivity contribution >= 4 is 11.3 Å². The zero-order valence-electron chi connectivity index (χ0n) is 17.5. The number of hydrogen-bond donors (Lipinski definition) is 1. The maximum atomic E-state index is 9.61. The molecule has 0 spiro atoms. The van der Waals surface area contributed by atoms with Gasteiger partial charge in [0.25, 0.3) is 0 Å². The summed E-state index contributed by atoms with van der Waals surface area (Å²) in [5, 5.41) is 21.8. The molecule has 0 saturated carbocycles. The second kappa shape index (κ2) is 8.20. The van der Waals surface area contributed by atoms with Crippen LogP contribution in [0, 0.1) is 11.3 Å². The van der Waals surface area contributed by atoms with Gasteiger partial charge in [-0.3, -0.25) is 4.68 Å². The molecule has 4 aromatic rings. The van der Waals surface area contributed by atoms with E-state index < -0.39 is 0 Å². The molecule has 0 aromatic carbocycles. The van der Waals surface area contributed by atoms with Crippen molar-refractivity contribution in [3.8, 4) is 28.3 Å². The number of anilines is 1. The van der Waals surface area contributed by atoms with Crippen LogP contribution in [0.15, 0.2) is 49.2 Å². The first-order valence-corrected chi connectivity index (χ1v) is 10.6. The van der Waals surface area contributed by atoms with E-state index >= 15 is 0 Å². The van der Waals surface area contributed by atoms with E-state index in [0.29, 0.717) is 5.56 Å². The Labute approximate surface area is 180 Å². The van der Waals surface area contributed by atoms with E-state index in [-0.39, 0.29) is 0 Å². The van der Waals surface area contributed by atoms with Gasteiger partial charge in [-0.15, -0.1) is 0 Å². The van der Waals surface area contributed by atoms with Crippen LogP contribution in [-0.2, 0) is 7.05 Å². The highest BCUT2D eigenvalue weighted by atomic mass is 15.2. The van der Waals surface area contributed by atoms with Crippen LogP contribution < -0.4 is 10.2 Å². The Balaban J connectivity index is 1.57. The molecule has 31 heavy (non-hydrogen) atoms. The molecule has 4 aromatic heterocycles. The van der Waals surface area contributed by atoms with Crippen LogP contribution in [0.3, 0.4) is 0 Å². The molecule has 1 N–H and O–H groups in total. The van der Waals surface area contributed by atoms with Crippen LogP contribution in [0.2, 0.25) is 0 Å². The van der Waals surface area contributed by atoms with Crippen molar-refractivity contribution in [2.75, 3.05) is 31.1 Å². The lowest BCUT2D eigenvalue weighted by atomic mass is 10.0. The van der Waals surface area contributed by atoms with Crippen LogP contribution in [0.25, 0.3) is 27.8 Å². The molecule has 0 atom stereocenters. The summed E-state index contributed by atoms with van der Waals surface area (Å²) in [6.45, 7) is 4.10. The van der Waals surface area contributed by atoms with Gasteiger partial charge in [-0.25, -0.2) is 9.50 Å². The number of nitriles is 1. The Morgan fingerprint density at radius 1 is 0.968 bits per heavy atom.